The fourth-order valence-electron chi connectivity index (χ4n) is 2.38. The predicted molar refractivity (Wildman–Crippen MR) is 86.3 cm³/mol. The topological polar surface area (TPSA) is 74.7 Å². The number of nitrogens with zero attached hydrogens (tertiary/aromatic N) is 1. The number of anilines is 1. The van der Waals surface area contributed by atoms with Gasteiger partial charge in [-0.2, -0.15) is 0 Å². The maximum absolute atomic E-state index is 11.6. The highest BCUT2D eigenvalue weighted by atomic mass is 79.9. The molecule has 114 valence electrons. The third kappa shape index (κ3) is 4.07. The third-order valence-corrected chi connectivity index (χ3v) is 5.80. The molecule has 5 nitrogen and oxygen atoms in total. The average Bonchev–Trinajstić information content (AvgIpc) is 2.36. The molecule has 1 aromatic rings. The Morgan fingerprint density at radius 3 is 2.76 bits per heavy atom. The number of carboxylic acids is 1. The standard InChI is InChI=1S/C14H16BrNO4S/c1-10-9-21(19,20)7-6-16(10)13-4-2-11(8-12(13)15)3-5-14(17)18/h2-5,8,10H,6-7,9H2,1H3,(H,17,18)/b5-3+. The molecule has 21 heavy (non-hydrogen) atoms. The van der Waals surface area contributed by atoms with Crippen LogP contribution < -0.4 is 4.90 Å². The number of halogens is 1. The average molecular weight is 374 g/mol. The van der Waals surface area contributed by atoms with Crippen molar-refractivity contribution in [1.82, 2.24) is 0 Å². The maximum Gasteiger partial charge on any atom is 0.328 e. The summed E-state index contributed by atoms with van der Waals surface area (Å²) in [6.07, 6.45) is 2.60. The lowest BCUT2D eigenvalue weighted by atomic mass is 10.1. The van der Waals surface area contributed by atoms with E-state index in [-0.39, 0.29) is 17.5 Å². The molecule has 1 heterocycles. The van der Waals surface area contributed by atoms with Crippen LogP contribution in [-0.4, -0.2) is 43.6 Å². The highest BCUT2D eigenvalue weighted by Crippen LogP contribution is 2.31. The summed E-state index contributed by atoms with van der Waals surface area (Å²) in [4.78, 5) is 12.6. The largest absolute Gasteiger partial charge is 0.478 e. The van der Waals surface area contributed by atoms with Crippen LogP contribution in [-0.2, 0) is 14.6 Å². The quantitative estimate of drug-likeness (QED) is 0.821. The first-order chi connectivity index (χ1) is 9.78. The second-order valence-corrected chi connectivity index (χ2v) is 8.12. The Kier molecular flexibility index (Phi) is 4.73. The molecule has 0 bridgehead atoms. The van der Waals surface area contributed by atoms with Crippen LogP contribution in [0.4, 0.5) is 5.69 Å². The first-order valence-electron chi connectivity index (χ1n) is 6.46. The zero-order chi connectivity index (χ0) is 15.6. The molecule has 1 saturated heterocycles. The van der Waals surface area contributed by atoms with E-state index in [9.17, 15) is 13.2 Å². The molecule has 0 spiro atoms. The Morgan fingerprint density at radius 2 is 2.19 bits per heavy atom. The predicted octanol–water partition coefficient (Wildman–Crippen LogP) is 2.17. The van der Waals surface area contributed by atoms with Crippen LogP contribution in [0.3, 0.4) is 0 Å². The fourth-order valence-corrected chi connectivity index (χ4v) is 4.56. The van der Waals surface area contributed by atoms with E-state index in [1.807, 2.05) is 25.1 Å². The van der Waals surface area contributed by atoms with Gasteiger partial charge in [0.25, 0.3) is 0 Å². The van der Waals surface area contributed by atoms with Crippen molar-refractivity contribution in [3.63, 3.8) is 0 Å². The summed E-state index contributed by atoms with van der Waals surface area (Å²) in [7, 11) is -2.95. The zero-order valence-corrected chi connectivity index (χ0v) is 13.9. The van der Waals surface area contributed by atoms with Gasteiger partial charge in [0.05, 0.1) is 17.2 Å². The van der Waals surface area contributed by atoms with Gasteiger partial charge in [-0.1, -0.05) is 6.07 Å². The monoisotopic (exact) mass is 373 g/mol. The number of rotatable bonds is 3. The van der Waals surface area contributed by atoms with E-state index in [1.54, 1.807) is 0 Å². The van der Waals surface area contributed by atoms with Crippen LogP contribution >= 0.6 is 15.9 Å². The highest BCUT2D eigenvalue weighted by Gasteiger charge is 2.29. The van der Waals surface area contributed by atoms with Crippen molar-refractivity contribution < 1.29 is 18.3 Å². The van der Waals surface area contributed by atoms with E-state index < -0.39 is 15.8 Å². The first kappa shape index (κ1) is 16.0. The molecular formula is C14H16BrNO4S. The van der Waals surface area contributed by atoms with Crippen molar-refractivity contribution in [2.24, 2.45) is 0 Å². The van der Waals surface area contributed by atoms with Crippen molar-refractivity contribution in [2.75, 3.05) is 23.0 Å². The molecule has 1 fully saturated rings. The zero-order valence-electron chi connectivity index (χ0n) is 11.5. The summed E-state index contributed by atoms with van der Waals surface area (Å²) < 4.78 is 24.1. The molecule has 1 atom stereocenters. The molecule has 2 rings (SSSR count). The molecule has 1 aromatic carbocycles. The first-order valence-corrected chi connectivity index (χ1v) is 9.07. The third-order valence-electron chi connectivity index (χ3n) is 3.37. The summed E-state index contributed by atoms with van der Waals surface area (Å²) in [5, 5.41) is 8.62. The van der Waals surface area contributed by atoms with Gasteiger partial charge >= 0.3 is 5.97 Å². The van der Waals surface area contributed by atoms with Crippen LogP contribution in [0.25, 0.3) is 6.08 Å². The van der Waals surface area contributed by atoms with E-state index in [1.165, 1.54) is 6.08 Å². The summed E-state index contributed by atoms with van der Waals surface area (Å²) in [5.74, 6) is -0.685. The molecule has 1 aliphatic heterocycles. The van der Waals surface area contributed by atoms with Crippen molar-refractivity contribution >= 4 is 43.5 Å². The number of aliphatic carboxylic acids is 1. The Hall–Kier alpha value is -1.34. The SMILES string of the molecule is CC1CS(=O)(=O)CCN1c1ccc(/C=C/C(=O)O)cc1Br. The van der Waals surface area contributed by atoms with E-state index in [0.29, 0.717) is 6.54 Å². The Labute approximate surface area is 132 Å². The lowest BCUT2D eigenvalue weighted by Gasteiger charge is -2.35. The minimum atomic E-state index is -2.95. The van der Waals surface area contributed by atoms with Crippen molar-refractivity contribution in [3.05, 3.63) is 34.3 Å². The minimum absolute atomic E-state index is 0.0829. The smallest absolute Gasteiger partial charge is 0.328 e. The van der Waals surface area contributed by atoms with Gasteiger partial charge < -0.3 is 10.0 Å². The summed E-state index contributed by atoms with van der Waals surface area (Å²) in [5.41, 5.74) is 1.69. The van der Waals surface area contributed by atoms with Crippen molar-refractivity contribution in [2.45, 2.75) is 13.0 Å². The van der Waals surface area contributed by atoms with Crippen LogP contribution in [0, 0.1) is 0 Å². The molecule has 0 aromatic heterocycles. The number of hydrogen-bond acceptors (Lipinski definition) is 4. The molecule has 7 heteroatoms. The number of carboxylic acid groups (broad SMARTS) is 1. The Bertz CT molecular complexity index is 684. The van der Waals surface area contributed by atoms with Gasteiger partial charge in [0.2, 0.25) is 0 Å². The normalized spacial score (nSPS) is 21.6. The van der Waals surface area contributed by atoms with Crippen LogP contribution in [0.2, 0.25) is 0 Å². The van der Waals surface area contributed by atoms with Gasteiger partial charge in [-0.15, -0.1) is 0 Å². The molecule has 1 unspecified atom stereocenters. The lowest BCUT2D eigenvalue weighted by Crippen LogP contribution is -2.47. The molecule has 0 radical (unpaired) electrons. The fraction of sp³-hybridized carbons (Fsp3) is 0.357. The van der Waals surface area contributed by atoms with Crippen molar-refractivity contribution in [1.29, 1.82) is 0 Å². The second kappa shape index (κ2) is 6.19. The van der Waals surface area contributed by atoms with Gasteiger partial charge in [0.1, 0.15) is 0 Å². The van der Waals surface area contributed by atoms with Crippen molar-refractivity contribution in [3.8, 4) is 0 Å². The molecule has 0 amide bonds. The summed E-state index contributed by atoms with van der Waals surface area (Å²) in [6, 6.07) is 5.43. The second-order valence-electron chi connectivity index (χ2n) is 5.04. The van der Waals surface area contributed by atoms with E-state index >= 15 is 0 Å². The van der Waals surface area contributed by atoms with E-state index in [0.717, 1.165) is 21.8 Å². The minimum Gasteiger partial charge on any atom is -0.478 e. The van der Waals surface area contributed by atoms with Gasteiger partial charge in [-0.25, -0.2) is 13.2 Å². The number of sulfone groups is 1. The van der Waals surface area contributed by atoms with E-state index in [4.69, 9.17) is 5.11 Å². The lowest BCUT2D eigenvalue weighted by molar-refractivity contribution is -0.131. The van der Waals surface area contributed by atoms with Crippen LogP contribution in [0.15, 0.2) is 28.7 Å². The maximum atomic E-state index is 11.6. The number of hydrogen-bond donors (Lipinski definition) is 1. The summed E-state index contributed by atoms with van der Waals surface area (Å²) in [6.45, 7) is 2.35. The van der Waals surface area contributed by atoms with Crippen LogP contribution in [0.5, 0.6) is 0 Å². The molecule has 1 N–H and O–H groups in total. The molecule has 0 saturated carbocycles. The van der Waals surface area contributed by atoms with Gasteiger partial charge in [-0.3, -0.25) is 0 Å². The Balaban J connectivity index is 2.23. The number of benzene rings is 1. The number of carbonyl (C=O) groups is 1. The molecule has 0 aliphatic carbocycles. The summed E-state index contributed by atoms with van der Waals surface area (Å²) >= 11 is 3.47. The molecular weight excluding hydrogens is 358 g/mol. The van der Waals surface area contributed by atoms with Gasteiger partial charge in [-0.05, 0) is 46.6 Å². The molecule has 1 aliphatic rings. The van der Waals surface area contributed by atoms with Crippen LogP contribution in [0.1, 0.15) is 12.5 Å². The Morgan fingerprint density at radius 1 is 1.48 bits per heavy atom. The highest BCUT2D eigenvalue weighted by molar-refractivity contribution is 9.10. The van der Waals surface area contributed by atoms with Gasteiger partial charge in [0, 0.05) is 23.1 Å². The van der Waals surface area contributed by atoms with Gasteiger partial charge in [0.15, 0.2) is 9.84 Å². The van der Waals surface area contributed by atoms with E-state index in [2.05, 4.69) is 20.8 Å².